The van der Waals surface area contributed by atoms with Crippen molar-refractivity contribution >= 4 is 34.0 Å². The lowest BCUT2D eigenvalue weighted by atomic mass is 9.94. The van der Waals surface area contributed by atoms with Crippen LogP contribution < -0.4 is 14.4 Å². The molecular formula is C29H24N2O6. The predicted octanol–water partition coefficient (Wildman–Crippen LogP) is 5.34. The molecule has 8 heteroatoms. The molecule has 1 atom stereocenters. The monoisotopic (exact) mass is 496 g/mol. The van der Waals surface area contributed by atoms with E-state index in [2.05, 4.69) is 11.7 Å². The van der Waals surface area contributed by atoms with E-state index in [1.165, 1.54) is 4.90 Å². The summed E-state index contributed by atoms with van der Waals surface area (Å²) in [7, 11) is 1.59. The normalized spacial score (nSPS) is 16.8. The minimum absolute atomic E-state index is 0.0561. The number of hydrogen-bond acceptors (Lipinski definition) is 7. The van der Waals surface area contributed by atoms with Gasteiger partial charge in [0.1, 0.15) is 29.6 Å². The van der Waals surface area contributed by atoms with Crippen LogP contribution in [0.25, 0.3) is 16.5 Å². The number of rotatable bonds is 7. The molecule has 1 aliphatic heterocycles. The van der Waals surface area contributed by atoms with Gasteiger partial charge in [0.25, 0.3) is 5.78 Å². The van der Waals surface area contributed by atoms with E-state index in [0.29, 0.717) is 28.4 Å². The quantitative estimate of drug-likeness (QED) is 0.160. The van der Waals surface area contributed by atoms with Gasteiger partial charge < -0.3 is 19.1 Å². The third-order valence-electron chi connectivity index (χ3n) is 6.17. The van der Waals surface area contributed by atoms with Crippen LogP contribution in [0.15, 0.2) is 89.5 Å². The molecule has 1 fully saturated rings. The number of aliphatic hydroxyl groups is 1. The van der Waals surface area contributed by atoms with Crippen LogP contribution in [0.3, 0.4) is 0 Å². The second kappa shape index (κ2) is 9.66. The minimum Gasteiger partial charge on any atom is -0.507 e. The van der Waals surface area contributed by atoms with Crippen molar-refractivity contribution in [3.8, 4) is 11.5 Å². The van der Waals surface area contributed by atoms with E-state index in [1.807, 2.05) is 24.3 Å². The second-order valence-corrected chi connectivity index (χ2v) is 8.56. The Bertz CT molecular complexity index is 1570. The number of Topliss-reactive ketones (excluding diaryl/α,β-unsaturated/α-hetero) is 1. The number of fused-ring (bicyclic) bond motifs is 1. The summed E-state index contributed by atoms with van der Waals surface area (Å²) in [5.41, 5.74) is 0.906. The van der Waals surface area contributed by atoms with Crippen LogP contribution in [0.1, 0.15) is 22.9 Å². The molecule has 186 valence electrons. The molecule has 37 heavy (non-hydrogen) atoms. The predicted molar refractivity (Wildman–Crippen MR) is 139 cm³/mol. The van der Waals surface area contributed by atoms with Crippen molar-refractivity contribution < 1.29 is 28.7 Å². The molecule has 3 aromatic carbocycles. The zero-order chi connectivity index (χ0) is 26.1. The topological polar surface area (TPSA) is 102 Å². The zero-order valence-corrected chi connectivity index (χ0v) is 20.3. The number of anilines is 1. The van der Waals surface area contributed by atoms with E-state index in [4.69, 9.17) is 14.0 Å². The van der Waals surface area contributed by atoms with E-state index in [0.717, 1.165) is 10.8 Å². The van der Waals surface area contributed by atoms with Crippen LogP contribution in [-0.2, 0) is 9.59 Å². The summed E-state index contributed by atoms with van der Waals surface area (Å²) in [6, 6.07) is 18.4. The lowest BCUT2D eigenvalue weighted by molar-refractivity contribution is -0.132. The van der Waals surface area contributed by atoms with E-state index < -0.39 is 17.7 Å². The molecule has 1 aromatic heterocycles. The molecule has 4 aromatic rings. The van der Waals surface area contributed by atoms with Crippen molar-refractivity contribution in [2.75, 3.05) is 18.6 Å². The average Bonchev–Trinajstić information content (AvgIpc) is 3.46. The van der Waals surface area contributed by atoms with Crippen molar-refractivity contribution in [2.45, 2.75) is 13.0 Å². The Balaban J connectivity index is 1.68. The van der Waals surface area contributed by atoms with Gasteiger partial charge in [0, 0.05) is 11.6 Å². The summed E-state index contributed by atoms with van der Waals surface area (Å²) in [5, 5.41) is 17.2. The Kier molecular flexibility index (Phi) is 6.23. The smallest absolute Gasteiger partial charge is 0.301 e. The number of nitrogens with zero attached hydrogens (tertiary/aromatic N) is 2. The first-order valence-electron chi connectivity index (χ1n) is 11.6. The van der Waals surface area contributed by atoms with Gasteiger partial charge in [0.15, 0.2) is 5.82 Å². The highest BCUT2D eigenvalue weighted by Crippen LogP contribution is 2.43. The molecular weight excluding hydrogens is 472 g/mol. The first-order valence-corrected chi connectivity index (χ1v) is 11.6. The van der Waals surface area contributed by atoms with Crippen LogP contribution in [-0.4, -0.2) is 35.7 Å². The average molecular weight is 497 g/mol. The van der Waals surface area contributed by atoms with Gasteiger partial charge in [-0.15, -0.1) is 0 Å². The zero-order valence-electron chi connectivity index (χ0n) is 20.3. The summed E-state index contributed by atoms with van der Waals surface area (Å²) in [4.78, 5) is 27.9. The molecule has 1 amide bonds. The molecule has 0 saturated carbocycles. The lowest BCUT2D eigenvalue weighted by Gasteiger charge is -2.23. The van der Waals surface area contributed by atoms with Crippen molar-refractivity contribution in [1.82, 2.24) is 5.16 Å². The fourth-order valence-electron chi connectivity index (χ4n) is 4.43. The molecule has 0 spiro atoms. The molecule has 1 saturated heterocycles. The fraction of sp³-hybridized carbons (Fsp3) is 0.138. The third kappa shape index (κ3) is 4.33. The number of carbonyl (C=O) groups excluding carboxylic acids is 2. The number of amides is 1. The Morgan fingerprint density at radius 3 is 2.59 bits per heavy atom. The SMILES string of the molecule is C=CCOc1cccc(C2/C(=C(\O)c3ccc4cc(OC)ccc4c3)C(=O)C(=O)N2c2cc(C)on2)c1. The molecule has 1 unspecified atom stereocenters. The van der Waals surface area contributed by atoms with Gasteiger partial charge in [0.2, 0.25) is 0 Å². The number of aliphatic hydroxyl groups excluding tert-OH is 1. The number of aromatic nitrogens is 1. The Hall–Kier alpha value is -4.85. The Morgan fingerprint density at radius 1 is 1.08 bits per heavy atom. The van der Waals surface area contributed by atoms with Gasteiger partial charge in [-0.05, 0) is 53.6 Å². The van der Waals surface area contributed by atoms with Gasteiger partial charge in [-0.2, -0.15) is 0 Å². The maximum Gasteiger partial charge on any atom is 0.301 e. The molecule has 8 nitrogen and oxygen atoms in total. The molecule has 0 aliphatic carbocycles. The molecule has 5 rings (SSSR count). The highest BCUT2D eigenvalue weighted by molar-refractivity contribution is 6.51. The van der Waals surface area contributed by atoms with Crippen LogP contribution in [0, 0.1) is 6.92 Å². The lowest BCUT2D eigenvalue weighted by Crippen LogP contribution is -2.29. The molecule has 0 bridgehead atoms. The molecule has 1 aliphatic rings. The minimum atomic E-state index is -0.955. The number of ketones is 1. The van der Waals surface area contributed by atoms with Gasteiger partial charge in [0.05, 0.1) is 18.7 Å². The number of benzene rings is 3. The molecule has 2 heterocycles. The highest BCUT2D eigenvalue weighted by atomic mass is 16.5. The summed E-state index contributed by atoms with van der Waals surface area (Å²) in [6.45, 7) is 5.64. The number of ether oxygens (including phenoxy) is 2. The van der Waals surface area contributed by atoms with E-state index >= 15 is 0 Å². The second-order valence-electron chi connectivity index (χ2n) is 8.56. The largest absolute Gasteiger partial charge is 0.507 e. The maximum atomic E-state index is 13.4. The summed E-state index contributed by atoms with van der Waals surface area (Å²) in [6.07, 6.45) is 1.62. The van der Waals surface area contributed by atoms with Crippen LogP contribution in [0.5, 0.6) is 11.5 Å². The van der Waals surface area contributed by atoms with Gasteiger partial charge >= 0.3 is 5.91 Å². The van der Waals surface area contributed by atoms with Gasteiger partial charge in [-0.1, -0.05) is 48.1 Å². The van der Waals surface area contributed by atoms with Crippen molar-refractivity contribution in [3.63, 3.8) is 0 Å². The summed E-state index contributed by atoms with van der Waals surface area (Å²) in [5.74, 6) is -0.0507. The summed E-state index contributed by atoms with van der Waals surface area (Å²) < 4.78 is 16.1. The Morgan fingerprint density at radius 2 is 1.86 bits per heavy atom. The van der Waals surface area contributed by atoms with Crippen molar-refractivity contribution in [3.05, 3.63) is 102 Å². The maximum absolute atomic E-state index is 13.4. The third-order valence-corrected chi connectivity index (χ3v) is 6.17. The van der Waals surface area contributed by atoms with E-state index in [9.17, 15) is 14.7 Å². The first-order chi connectivity index (χ1) is 17.9. The van der Waals surface area contributed by atoms with Gasteiger partial charge in [-0.25, -0.2) is 0 Å². The van der Waals surface area contributed by atoms with Crippen molar-refractivity contribution in [1.29, 1.82) is 0 Å². The van der Waals surface area contributed by atoms with Crippen LogP contribution >= 0.6 is 0 Å². The highest BCUT2D eigenvalue weighted by Gasteiger charge is 2.48. The van der Waals surface area contributed by atoms with Crippen molar-refractivity contribution in [2.24, 2.45) is 0 Å². The Labute approximate surface area is 213 Å². The number of methoxy groups -OCH3 is 1. The molecule has 1 N–H and O–H groups in total. The van der Waals surface area contributed by atoms with Crippen LogP contribution in [0.4, 0.5) is 5.82 Å². The van der Waals surface area contributed by atoms with Crippen LogP contribution in [0.2, 0.25) is 0 Å². The number of aryl methyl sites for hydroxylation is 1. The number of hydrogen-bond donors (Lipinski definition) is 1. The summed E-state index contributed by atoms with van der Waals surface area (Å²) >= 11 is 0. The fourth-order valence-corrected chi connectivity index (χ4v) is 4.43. The number of carbonyl (C=O) groups is 2. The van der Waals surface area contributed by atoms with E-state index in [1.54, 1.807) is 62.6 Å². The van der Waals surface area contributed by atoms with Gasteiger partial charge in [-0.3, -0.25) is 14.5 Å². The standard InChI is InChI=1S/C29H24N2O6/c1-4-12-36-23-7-5-6-20(16-23)26-25(28(33)29(34)31(26)24-13-17(2)37-30-24)27(32)21-9-8-19-15-22(35-3)11-10-18(19)14-21/h4-11,13-16,26,32H,1,12H2,2-3H3/b27-25+. The van der Waals surface area contributed by atoms with E-state index in [-0.39, 0.29) is 23.8 Å². The first kappa shape index (κ1) is 23.9. The molecule has 0 radical (unpaired) electrons.